The highest BCUT2D eigenvalue weighted by Crippen LogP contribution is 2.42. The lowest BCUT2D eigenvalue weighted by molar-refractivity contribution is 0.171. The summed E-state index contributed by atoms with van der Waals surface area (Å²) in [5.41, 5.74) is 3.33. The molecule has 0 atom stereocenters. The predicted octanol–water partition coefficient (Wildman–Crippen LogP) is 4.11. The van der Waals surface area contributed by atoms with Crippen LogP contribution in [0.2, 0.25) is 0 Å². The summed E-state index contributed by atoms with van der Waals surface area (Å²) >= 11 is 3.60. The number of nitrogens with one attached hydrogen (secondary N) is 1. The van der Waals surface area contributed by atoms with Gasteiger partial charge in [0.25, 0.3) is 0 Å². The van der Waals surface area contributed by atoms with Crippen molar-refractivity contribution in [2.75, 3.05) is 19.2 Å². The van der Waals surface area contributed by atoms with E-state index in [0.29, 0.717) is 18.0 Å². The van der Waals surface area contributed by atoms with Crippen LogP contribution in [0.15, 0.2) is 34.8 Å². The second kappa shape index (κ2) is 5.85. The van der Waals surface area contributed by atoms with Gasteiger partial charge in [0.1, 0.15) is 0 Å². The van der Waals surface area contributed by atoms with Gasteiger partial charge in [0.2, 0.25) is 12.5 Å². The first-order valence-electron chi connectivity index (χ1n) is 6.64. The fourth-order valence-corrected chi connectivity index (χ4v) is 2.67. The maximum absolute atomic E-state index is 5.44. The molecule has 0 radical (unpaired) electrons. The molecule has 0 unspecified atom stereocenters. The maximum atomic E-state index is 5.44. The zero-order valence-corrected chi connectivity index (χ0v) is 13.5. The maximum Gasteiger partial charge on any atom is 0.231 e. The number of hydrogen-bond donors (Lipinski definition) is 1. The van der Waals surface area contributed by atoms with Crippen LogP contribution in [-0.2, 0) is 6.54 Å². The number of halogens is 1. The Bertz CT molecular complexity index is 673. The minimum Gasteiger partial charge on any atom is -0.493 e. The molecule has 0 bridgehead atoms. The van der Waals surface area contributed by atoms with Crippen LogP contribution >= 0.6 is 15.9 Å². The van der Waals surface area contributed by atoms with Crippen molar-refractivity contribution in [2.24, 2.45) is 0 Å². The molecule has 0 aromatic heterocycles. The molecule has 0 saturated carbocycles. The molecular formula is C16H16BrNO3. The van der Waals surface area contributed by atoms with Gasteiger partial charge in [-0.05, 0) is 52.2 Å². The third-order valence-corrected chi connectivity index (χ3v) is 4.45. The van der Waals surface area contributed by atoms with Crippen molar-refractivity contribution in [1.29, 1.82) is 0 Å². The van der Waals surface area contributed by atoms with Crippen molar-refractivity contribution in [3.05, 3.63) is 45.9 Å². The van der Waals surface area contributed by atoms with Crippen molar-refractivity contribution in [3.8, 4) is 17.2 Å². The van der Waals surface area contributed by atoms with Crippen molar-refractivity contribution in [1.82, 2.24) is 0 Å². The first-order chi connectivity index (χ1) is 10.2. The van der Waals surface area contributed by atoms with Gasteiger partial charge in [0, 0.05) is 16.7 Å². The van der Waals surface area contributed by atoms with Crippen LogP contribution in [0.4, 0.5) is 5.69 Å². The van der Waals surface area contributed by atoms with Crippen LogP contribution in [0, 0.1) is 6.92 Å². The molecule has 0 saturated heterocycles. The van der Waals surface area contributed by atoms with E-state index in [9.17, 15) is 0 Å². The molecule has 0 amide bonds. The highest BCUT2D eigenvalue weighted by Gasteiger charge is 2.20. The van der Waals surface area contributed by atoms with E-state index in [4.69, 9.17) is 14.2 Å². The molecule has 0 aliphatic carbocycles. The number of methoxy groups -OCH3 is 1. The molecule has 1 heterocycles. The quantitative estimate of drug-likeness (QED) is 0.901. The monoisotopic (exact) mass is 349 g/mol. The fourth-order valence-electron chi connectivity index (χ4n) is 2.27. The van der Waals surface area contributed by atoms with Crippen LogP contribution in [0.3, 0.4) is 0 Å². The Kier molecular flexibility index (Phi) is 3.92. The van der Waals surface area contributed by atoms with E-state index in [1.165, 1.54) is 5.56 Å². The van der Waals surface area contributed by atoms with E-state index < -0.39 is 0 Å². The van der Waals surface area contributed by atoms with Crippen molar-refractivity contribution < 1.29 is 14.2 Å². The normalized spacial score (nSPS) is 12.3. The van der Waals surface area contributed by atoms with E-state index in [-0.39, 0.29) is 6.79 Å². The van der Waals surface area contributed by atoms with Crippen LogP contribution in [0.1, 0.15) is 11.1 Å². The van der Waals surface area contributed by atoms with Gasteiger partial charge in [-0.15, -0.1) is 0 Å². The van der Waals surface area contributed by atoms with Gasteiger partial charge in [-0.25, -0.2) is 0 Å². The second-order valence-electron chi connectivity index (χ2n) is 4.82. The molecule has 21 heavy (non-hydrogen) atoms. The lowest BCUT2D eigenvalue weighted by Crippen LogP contribution is -2.01. The van der Waals surface area contributed by atoms with Gasteiger partial charge in [-0.2, -0.15) is 0 Å². The molecule has 1 N–H and O–H groups in total. The van der Waals surface area contributed by atoms with Crippen LogP contribution < -0.4 is 19.5 Å². The molecule has 3 rings (SSSR count). The largest absolute Gasteiger partial charge is 0.493 e. The highest BCUT2D eigenvalue weighted by molar-refractivity contribution is 9.10. The van der Waals surface area contributed by atoms with Gasteiger partial charge >= 0.3 is 0 Å². The fraction of sp³-hybridized carbons (Fsp3) is 0.250. The zero-order chi connectivity index (χ0) is 14.8. The third kappa shape index (κ3) is 2.78. The number of rotatable bonds is 4. The molecule has 2 aromatic rings. The van der Waals surface area contributed by atoms with E-state index in [1.807, 2.05) is 24.3 Å². The van der Waals surface area contributed by atoms with Gasteiger partial charge in [0.05, 0.1) is 7.11 Å². The molecule has 1 aliphatic heterocycles. The number of anilines is 1. The molecule has 110 valence electrons. The molecule has 0 spiro atoms. The summed E-state index contributed by atoms with van der Waals surface area (Å²) in [6.45, 7) is 2.99. The molecule has 2 aromatic carbocycles. The molecule has 0 fully saturated rings. The number of ether oxygens (including phenoxy) is 3. The standard InChI is InChI=1S/C16H16BrNO3/c1-10-4-3-5-12(15(10)17)18-8-11-6-13(19-2)16-14(7-11)20-9-21-16/h3-7,18H,8-9H2,1-2H3. The Balaban J connectivity index is 1.81. The Labute approximate surface area is 132 Å². The van der Waals surface area contributed by atoms with Crippen LogP contribution in [0.25, 0.3) is 0 Å². The minimum absolute atomic E-state index is 0.242. The number of benzene rings is 2. The lowest BCUT2D eigenvalue weighted by Gasteiger charge is -2.12. The Morgan fingerprint density at radius 1 is 1.29 bits per heavy atom. The number of hydrogen-bond acceptors (Lipinski definition) is 4. The molecular weight excluding hydrogens is 334 g/mol. The zero-order valence-electron chi connectivity index (χ0n) is 11.9. The smallest absolute Gasteiger partial charge is 0.231 e. The Morgan fingerprint density at radius 3 is 2.95 bits per heavy atom. The highest BCUT2D eigenvalue weighted by atomic mass is 79.9. The summed E-state index contributed by atoms with van der Waals surface area (Å²) in [6, 6.07) is 10.1. The van der Waals surface area contributed by atoms with Gasteiger partial charge < -0.3 is 19.5 Å². The van der Waals surface area contributed by atoms with Crippen molar-refractivity contribution in [2.45, 2.75) is 13.5 Å². The Hall–Kier alpha value is -1.88. The average molecular weight is 350 g/mol. The minimum atomic E-state index is 0.242. The topological polar surface area (TPSA) is 39.7 Å². The summed E-state index contributed by atoms with van der Waals surface area (Å²) in [5, 5.41) is 3.41. The molecule has 1 aliphatic rings. The summed E-state index contributed by atoms with van der Waals surface area (Å²) in [4.78, 5) is 0. The number of aryl methyl sites for hydroxylation is 1. The summed E-state index contributed by atoms with van der Waals surface area (Å²) < 4.78 is 17.3. The summed E-state index contributed by atoms with van der Waals surface area (Å²) in [6.07, 6.45) is 0. The van der Waals surface area contributed by atoms with Crippen molar-refractivity contribution >= 4 is 21.6 Å². The van der Waals surface area contributed by atoms with E-state index in [2.05, 4.69) is 34.2 Å². The van der Waals surface area contributed by atoms with Crippen LogP contribution in [0.5, 0.6) is 17.2 Å². The average Bonchev–Trinajstić information content (AvgIpc) is 2.96. The summed E-state index contributed by atoms with van der Waals surface area (Å²) in [5.74, 6) is 2.11. The third-order valence-electron chi connectivity index (χ3n) is 3.39. The van der Waals surface area contributed by atoms with Gasteiger partial charge in [0.15, 0.2) is 11.5 Å². The van der Waals surface area contributed by atoms with Gasteiger partial charge in [-0.3, -0.25) is 0 Å². The predicted molar refractivity (Wildman–Crippen MR) is 85.3 cm³/mol. The second-order valence-corrected chi connectivity index (χ2v) is 5.61. The van der Waals surface area contributed by atoms with Crippen LogP contribution in [-0.4, -0.2) is 13.9 Å². The molecule has 5 heteroatoms. The first-order valence-corrected chi connectivity index (χ1v) is 7.44. The van der Waals surface area contributed by atoms with E-state index in [0.717, 1.165) is 21.5 Å². The SMILES string of the molecule is COc1cc(CNc2cccc(C)c2Br)cc2c1OCO2. The number of fused-ring (bicyclic) bond motifs is 1. The van der Waals surface area contributed by atoms with E-state index >= 15 is 0 Å². The van der Waals surface area contributed by atoms with Crippen molar-refractivity contribution in [3.63, 3.8) is 0 Å². The molecule has 4 nitrogen and oxygen atoms in total. The lowest BCUT2D eigenvalue weighted by atomic mass is 10.1. The Morgan fingerprint density at radius 2 is 2.14 bits per heavy atom. The van der Waals surface area contributed by atoms with E-state index in [1.54, 1.807) is 7.11 Å². The van der Waals surface area contributed by atoms with Gasteiger partial charge in [-0.1, -0.05) is 12.1 Å². The summed E-state index contributed by atoms with van der Waals surface area (Å²) in [7, 11) is 1.63. The first kappa shape index (κ1) is 14.1.